The topological polar surface area (TPSA) is 22.4 Å². The summed E-state index contributed by atoms with van der Waals surface area (Å²) in [5.74, 6) is 1.75. The minimum absolute atomic E-state index is 0.526. The van der Waals surface area contributed by atoms with Gasteiger partial charge in [-0.15, -0.1) is 0 Å². The Bertz CT molecular complexity index is 2660. The minimum Gasteiger partial charge on any atom is -0.457 e. The number of hydrogen-bond acceptors (Lipinski definition) is 2. The second-order valence-electron chi connectivity index (χ2n) is 13.2. The van der Waals surface area contributed by atoms with Gasteiger partial charge >= 0.3 is 0 Å². The van der Waals surface area contributed by atoms with Gasteiger partial charge in [0.2, 0.25) is 0 Å². The molecule has 2 nitrogen and oxygen atoms in total. The first-order valence-electron chi connectivity index (χ1n) is 17.4. The molecule has 1 aromatic heterocycles. The zero-order chi connectivity index (χ0) is 33.8. The van der Waals surface area contributed by atoms with Crippen molar-refractivity contribution in [1.82, 2.24) is 0 Å². The average Bonchev–Trinajstić information content (AvgIpc) is 3.60. The molecule has 0 fully saturated rings. The number of benzene rings is 8. The standard InChI is InChI=1S/C49H32O2/c1-3-15-38(16-4-1)49(39-17-5-2-6-18-39)43-22-8-10-24-46(43)50-47-32-37(29-30-44(47)49)36-14-11-13-35(31-36)33-25-27-34(28-26-33)40-20-12-21-42-41-19-7-9-23-45(41)51-48(40)42/h1-32H. The lowest BCUT2D eigenvalue weighted by Crippen LogP contribution is -2.34. The summed E-state index contributed by atoms with van der Waals surface area (Å²) in [5, 5.41) is 2.28. The summed E-state index contributed by atoms with van der Waals surface area (Å²) in [5.41, 5.74) is 12.8. The number of hydrogen-bond donors (Lipinski definition) is 0. The van der Waals surface area contributed by atoms with Crippen molar-refractivity contribution in [3.05, 3.63) is 216 Å². The highest BCUT2D eigenvalue weighted by Gasteiger charge is 2.45. The summed E-state index contributed by atoms with van der Waals surface area (Å²) < 4.78 is 13.1. The minimum atomic E-state index is -0.526. The molecule has 0 radical (unpaired) electrons. The maximum atomic E-state index is 6.75. The molecule has 1 aliphatic rings. The molecule has 0 N–H and O–H groups in total. The van der Waals surface area contributed by atoms with Crippen LogP contribution in [0.15, 0.2) is 199 Å². The third-order valence-electron chi connectivity index (χ3n) is 10.4. The van der Waals surface area contributed by atoms with Gasteiger partial charge in [0.1, 0.15) is 22.7 Å². The van der Waals surface area contributed by atoms with E-state index in [2.05, 4.69) is 182 Å². The Morgan fingerprint density at radius 2 is 0.922 bits per heavy atom. The van der Waals surface area contributed by atoms with Crippen molar-refractivity contribution >= 4 is 21.9 Å². The van der Waals surface area contributed by atoms with Crippen LogP contribution in [-0.4, -0.2) is 0 Å². The molecule has 9 aromatic rings. The maximum Gasteiger partial charge on any atom is 0.143 e. The number of ether oxygens (including phenoxy) is 1. The Morgan fingerprint density at radius 3 is 1.71 bits per heavy atom. The predicted molar refractivity (Wildman–Crippen MR) is 208 cm³/mol. The first kappa shape index (κ1) is 29.3. The van der Waals surface area contributed by atoms with Crippen LogP contribution in [0.4, 0.5) is 0 Å². The molecule has 0 spiro atoms. The van der Waals surface area contributed by atoms with E-state index < -0.39 is 5.41 Å². The molecule has 0 saturated carbocycles. The lowest BCUT2D eigenvalue weighted by atomic mass is 9.63. The van der Waals surface area contributed by atoms with Gasteiger partial charge in [0.25, 0.3) is 0 Å². The molecule has 2 heterocycles. The molecule has 51 heavy (non-hydrogen) atoms. The van der Waals surface area contributed by atoms with Crippen LogP contribution in [0.3, 0.4) is 0 Å². The third-order valence-corrected chi connectivity index (χ3v) is 10.4. The molecule has 0 amide bonds. The lowest BCUT2D eigenvalue weighted by Gasteiger charge is -2.41. The molecule has 240 valence electrons. The van der Waals surface area contributed by atoms with Crippen LogP contribution in [0.2, 0.25) is 0 Å². The van der Waals surface area contributed by atoms with Gasteiger partial charge in [-0.05, 0) is 63.2 Å². The second kappa shape index (κ2) is 11.8. The van der Waals surface area contributed by atoms with E-state index in [4.69, 9.17) is 9.15 Å². The van der Waals surface area contributed by atoms with Crippen LogP contribution >= 0.6 is 0 Å². The van der Waals surface area contributed by atoms with Gasteiger partial charge in [-0.1, -0.05) is 170 Å². The maximum absolute atomic E-state index is 6.75. The summed E-state index contributed by atoms with van der Waals surface area (Å²) in [4.78, 5) is 0. The van der Waals surface area contributed by atoms with E-state index in [1.165, 1.54) is 11.1 Å². The lowest BCUT2D eigenvalue weighted by molar-refractivity contribution is 0.435. The Balaban J connectivity index is 1.05. The van der Waals surface area contributed by atoms with Crippen molar-refractivity contribution in [2.45, 2.75) is 5.41 Å². The molecule has 2 heteroatoms. The Morgan fingerprint density at radius 1 is 0.353 bits per heavy atom. The van der Waals surface area contributed by atoms with Crippen LogP contribution < -0.4 is 4.74 Å². The average molecular weight is 653 g/mol. The van der Waals surface area contributed by atoms with E-state index in [0.29, 0.717) is 0 Å². The van der Waals surface area contributed by atoms with Crippen molar-refractivity contribution in [2.24, 2.45) is 0 Å². The number of para-hydroxylation sites is 3. The van der Waals surface area contributed by atoms with Gasteiger partial charge in [0.15, 0.2) is 0 Å². The molecule has 0 unspecified atom stereocenters. The monoisotopic (exact) mass is 652 g/mol. The zero-order valence-corrected chi connectivity index (χ0v) is 27.8. The van der Waals surface area contributed by atoms with Crippen molar-refractivity contribution in [2.75, 3.05) is 0 Å². The molecule has 8 aromatic carbocycles. The van der Waals surface area contributed by atoms with E-state index >= 15 is 0 Å². The predicted octanol–water partition coefficient (Wildman–Crippen LogP) is 13.1. The fourth-order valence-corrected chi connectivity index (χ4v) is 8.09. The molecular formula is C49H32O2. The van der Waals surface area contributed by atoms with Crippen molar-refractivity contribution in [1.29, 1.82) is 0 Å². The molecule has 10 rings (SSSR count). The second-order valence-corrected chi connectivity index (χ2v) is 13.2. The molecule has 0 bridgehead atoms. The molecule has 0 atom stereocenters. The van der Waals surface area contributed by atoms with E-state index in [-0.39, 0.29) is 0 Å². The highest BCUT2D eigenvalue weighted by molar-refractivity contribution is 6.09. The summed E-state index contributed by atoms with van der Waals surface area (Å²) in [6.07, 6.45) is 0. The van der Waals surface area contributed by atoms with Crippen LogP contribution in [0.5, 0.6) is 11.5 Å². The number of rotatable bonds is 5. The summed E-state index contributed by atoms with van der Waals surface area (Å²) in [7, 11) is 0. The summed E-state index contributed by atoms with van der Waals surface area (Å²) >= 11 is 0. The highest BCUT2D eigenvalue weighted by Crippen LogP contribution is 2.55. The van der Waals surface area contributed by atoms with Gasteiger partial charge in [-0.2, -0.15) is 0 Å². The number of furan rings is 1. The molecule has 0 saturated heterocycles. The fourth-order valence-electron chi connectivity index (χ4n) is 8.09. The van der Waals surface area contributed by atoms with Gasteiger partial charge in [0.05, 0.1) is 5.41 Å². The highest BCUT2D eigenvalue weighted by atomic mass is 16.5. The smallest absolute Gasteiger partial charge is 0.143 e. The van der Waals surface area contributed by atoms with Crippen LogP contribution in [-0.2, 0) is 5.41 Å². The summed E-state index contributed by atoms with van der Waals surface area (Å²) in [6.45, 7) is 0. The van der Waals surface area contributed by atoms with Gasteiger partial charge in [-0.3, -0.25) is 0 Å². The number of fused-ring (bicyclic) bond motifs is 5. The Labute approximate surface area is 296 Å². The third kappa shape index (κ3) is 4.65. The Hall–Kier alpha value is -6.64. The van der Waals surface area contributed by atoms with Crippen LogP contribution in [0.1, 0.15) is 22.3 Å². The van der Waals surface area contributed by atoms with E-state index in [9.17, 15) is 0 Å². The first-order valence-corrected chi connectivity index (χ1v) is 17.4. The van der Waals surface area contributed by atoms with Crippen LogP contribution in [0.25, 0.3) is 55.3 Å². The normalized spacial score (nSPS) is 13.0. The van der Waals surface area contributed by atoms with E-state index in [0.717, 1.165) is 77.9 Å². The van der Waals surface area contributed by atoms with Gasteiger partial charge < -0.3 is 9.15 Å². The molecule has 0 aliphatic carbocycles. The molecule has 1 aliphatic heterocycles. The van der Waals surface area contributed by atoms with Crippen molar-refractivity contribution < 1.29 is 9.15 Å². The summed E-state index contributed by atoms with van der Waals surface area (Å²) in [6, 6.07) is 69.0. The van der Waals surface area contributed by atoms with E-state index in [1.807, 2.05) is 12.1 Å². The van der Waals surface area contributed by atoms with Crippen LogP contribution in [0, 0.1) is 0 Å². The van der Waals surface area contributed by atoms with E-state index in [1.54, 1.807) is 0 Å². The Kier molecular flexibility index (Phi) is 6.75. The SMILES string of the molecule is c1ccc(C2(c3ccccc3)c3ccccc3Oc3cc(-c4cccc(-c5ccc(-c6cccc7c6oc6ccccc67)cc5)c4)ccc32)cc1. The van der Waals surface area contributed by atoms with Gasteiger partial charge in [0, 0.05) is 27.5 Å². The molecular weight excluding hydrogens is 621 g/mol. The largest absolute Gasteiger partial charge is 0.457 e. The van der Waals surface area contributed by atoms with Gasteiger partial charge in [-0.25, -0.2) is 0 Å². The van der Waals surface area contributed by atoms with Crippen molar-refractivity contribution in [3.8, 4) is 44.9 Å². The first-order chi connectivity index (χ1) is 25.3. The zero-order valence-electron chi connectivity index (χ0n) is 27.8. The van der Waals surface area contributed by atoms with Crippen molar-refractivity contribution in [3.63, 3.8) is 0 Å². The quantitative estimate of drug-likeness (QED) is 0.185. The fraction of sp³-hybridized carbons (Fsp3) is 0.0204.